The van der Waals surface area contributed by atoms with E-state index in [1.165, 1.54) is 32.1 Å². The second-order valence-electron chi connectivity index (χ2n) is 12.5. The molecule has 4 aliphatic carbocycles. The van der Waals surface area contributed by atoms with Crippen molar-refractivity contribution >= 4 is 0 Å². The number of allylic oxidation sites excluding steroid dienone is 1. The van der Waals surface area contributed by atoms with Gasteiger partial charge in [0.2, 0.25) is 0 Å². The zero-order valence-electron chi connectivity index (χ0n) is 21.1. The molecule has 8 atom stereocenters. The second-order valence-corrected chi connectivity index (χ2v) is 12.5. The summed E-state index contributed by atoms with van der Waals surface area (Å²) >= 11 is 0. The third-order valence-corrected chi connectivity index (χ3v) is 10.9. The Kier molecular flexibility index (Phi) is 6.27. The number of hydrogen-bond donors (Lipinski definition) is 2. The minimum Gasteiger partial charge on any atom is -0.393 e. The molecule has 3 saturated carbocycles. The molecule has 33 heavy (non-hydrogen) atoms. The lowest BCUT2D eigenvalue weighted by molar-refractivity contribution is -0.116. The summed E-state index contributed by atoms with van der Waals surface area (Å²) in [6.07, 6.45) is 17.1. The van der Waals surface area contributed by atoms with Crippen molar-refractivity contribution in [2.45, 2.75) is 110 Å². The molecule has 0 spiro atoms. The van der Waals surface area contributed by atoms with E-state index >= 15 is 0 Å². The standard InChI is InChI=1S/C30H45NO2/c1-4-15-30(33,18-12-22-7-5-6-19-31-22)27-11-10-25-24-9-8-21-20-23(32)13-16-28(21,2)26(24)14-17-29(25,27)3/h5-8,19,23-27,32-33H,4,9-18,20H2,1-3H3/t23-,24-,25-,26-,27-,28-,29-,30?/m0/s1. The number of hydrogen-bond acceptors (Lipinski definition) is 3. The first-order valence-electron chi connectivity index (χ1n) is 13.8. The summed E-state index contributed by atoms with van der Waals surface area (Å²) in [5.74, 6) is 2.63. The number of rotatable bonds is 6. The summed E-state index contributed by atoms with van der Waals surface area (Å²) in [4.78, 5) is 4.54. The van der Waals surface area contributed by atoms with Gasteiger partial charge in [-0.3, -0.25) is 4.98 Å². The van der Waals surface area contributed by atoms with Gasteiger partial charge < -0.3 is 10.2 Å². The van der Waals surface area contributed by atoms with Crippen molar-refractivity contribution in [1.82, 2.24) is 4.98 Å². The topological polar surface area (TPSA) is 53.4 Å². The Morgan fingerprint density at radius 2 is 1.91 bits per heavy atom. The van der Waals surface area contributed by atoms with Crippen molar-refractivity contribution in [3.05, 3.63) is 41.7 Å². The fourth-order valence-corrected chi connectivity index (χ4v) is 9.32. The summed E-state index contributed by atoms with van der Waals surface area (Å²) < 4.78 is 0. The highest BCUT2D eigenvalue weighted by Gasteiger charge is 2.61. The highest BCUT2D eigenvalue weighted by Crippen LogP contribution is 2.68. The van der Waals surface area contributed by atoms with Crippen LogP contribution in [0, 0.1) is 34.5 Å². The summed E-state index contributed by atoms with van der Waals surface area (Å²) in [5.41, 5.74) is 2.61. The lowest BCUT2D eigenvalue weighted by atomic mass is 9.46. The second kappa shape index (κ2) is 8.79. The lowest BCUT2D eigenvalue weighted by Crippen LogP contribution is -2.53. The van der Waals surface area contributed by atoms with Crippen molar-refractivity contribution in [3.8, 4) is 0 Å². The smallest absolute Gasteiger partial charge is 0.0684 e. The fraction of sp³-hybridized carbons (Fsp3) is 0.767. The molecule has 1 aromatic heterocycles. The van der Waals surface area contributed by atoms with E-state index in [1.54, 1.807) is 5.57 Å². The van der Waals surface area contributed by atoms with E-state index in [0.717, 1.165) is 68.4 Å². The van der Waals surface area contributed by atoms with Crippen molar-refractivity contribution in [1.29, 1.82) is 0 Å². The first kappa shape index (κ1) is 23.5. The van der Waals surface area contributed by atoms with E-state index in [-0.39, 0.29) is 11.5 Å². The van der Waals surface area contributed by atoms with Crippen LogP contribution in [-0.4, -0.2) is 26.9 Å². The van der Waals surface area contributed by atoms with Crippen molar-refractivity contribution in [2.75, 3.05) is 0 Å². The zero-order valence-corrected chi connectivity index (χ0v) is 21.1. The predicted molar refractivity (Wildman–Crippen MR) is 134 cm³/mol. The van der Waals surface area contributed by atoms with Gasteiger partial charge in [0.15, 0.2) is 0 Å². The van der Waals surface area contributed by atoms with Crippen LogP contribution in [0.2, 0.25) is 0 Å². The Labute approximate surface area is 201 Å². The van der Waals surface area contributed by atoms with E-state index in [9.17, 15) is 10.2 Å². The molecule has 0 bridgehead atoms. The van der Waals surface area contributed by atoms with Gasteiger partial charge in [0.25, 0.3) is 0 Å². The molecule has 5 rings (SSSR count). The monoisotopic (exact) mass is 451 g/mol. The molecular weight excluding hydrogens is 406 g/mol. The van der Waals surface area contributed by atoms with Gasteiger partial charge in [0.1, 0.15) is 0 Å². The first-order valence-corrected chi connectivity index (χ1v) is 13.8. The molecule has 1 aromatic rings. The number of pyridine rings is 1. The highest BCUT2D eigenvalue weighted by atomic mass is 16.3. The number of nitrogens with zero attached hydrogens (tertiary/aromatic N) is 1. The van der Waals surface area contributed by atoms with Crippen LogP contribution in [-0.2, 0) is 6.42 Å². The Balaban J connectivity index is 1.38. The minimum absolute atomic E-state index is 0.131. The molecule has 0 aromatic carbocycles. The third kappa shape index (κ3) is 3.92. The summed E-state index contributed by atoms with van der Waals surface area (Å²) in [7, 11) is 0. The summed E-state index contributed by atoms with van der Waals surface area (Å²) in [5, 5.41) is 22.5. The number of aliphatic hydroxyl groups excluding tert-OH is 1. The molecule has 0 saturated heterocycles. The van der Waals surface area contributed by atoms with Gasteiger partial charge in [-0.2, -0.15) is 0 Å². The molecule has 0 radical (unpaired) electrons. The molecule has 3 heteroatoms. The van der Waals surface area contributed by atoms with Gasteiger partial charge in [-0.1, -0.05) is 44.9 Å². The molecule has 4 aliphatic rings. The van der Waals surface area contributed by atoms with Crippen molar-refractivity contribution < 1.29 is 10.2 Å². The molecule has 1 heterocycles. The predicted octanol–water partition coefficient (Wildman–Crippen LogP) is 6.49. The van der Waals surface area contributed by atoms with Gasteiger partial charge >= 0.3 is 0 Å². The number of fused-ring (bicyclic) bond motifs is 5. The molecule has 3 fully saturated rings. The van der Waals surface area contributed by atoms with Gasteiger partial charge in [-0.15, -0.1) is 0 Å². The molecular formula is C30H45NO2. The van der Waals surface area contributed by atoms with Crippen LogP contribution in [0.25, 0.3) is 0 Å². The summed E-state index contributed by atoms with van der Waals surface area (Å²) in [6, 6.07) is 6.13. The van der Waals surface area contributed by atoms with E-state index in [4.69, 9.17) is 0 Å². The largest absolute Gasteiger partial charge is 0.393 e. The normalized spacial score (nSPS) is 42.0. The maximum atomic E-state index is 12.2. The molecule has 0 amide bonds. The maximum absolute atomic E-state index is 12.2. The lowest BCUT2D eigenvalue weighted by Gasteiger charge is -2.59. The van der Waals surface area contributed by atoms with Gasteiger partial charge in [0, 0.05) is 11.9 Å². The molecule has 1 unspecified atom stereocenters. The van der Waals surface area contributed by atoms with Gasteiger partial charge in [0.05, 0.1) is 11.7 Å². The van der Waals surface area contributed by atoms with Crippen LogP contribution in [0.5, 0.6) is 0 Å². The Morgan fingerprint density at radius 3 is 2.67 bits per heavy atom. The van der Waals surface area contributed by atoms with E-state index in [2.05, 4.69) is 44.0 Å². The van der Waals surface area contributed by atoms with Crippen LogP contribution >= 0.6 is 0 Å². The Morgan fingerprint density at radius 1 is 1.06 bits per heavy atom. The molecule has 2 N–H and O–H groups in total. The molecule has 182 valence electrons. The van der Waals surface area contributed by atoms with Crippen LogP contribution in [0.15, 0.2) is 36.0 Å². The van der Waals surface area contributed by atoms with Crippen LogP contribution in [0.4, 0.5) is 0 Å². The SMILES string of the molecule is CCCC(O)(CCc1ccccn1)[C@H]1CC[C@H]2[C@@H]3CC=C4C[C@@H](O)CC[C@]4(C)[C@H]3CC[C@]12C. The fourth-order valence-electron chi connectivity index (χ4n) is 9.32. The van der Waals surface area contributed by atoms with Crippen LogP contribution < -0.4 is 0 Å². The number of aryl methyl sites for hydroxylation is 1. The third-order valence-electron chi connectivity index (χ3n) is 10.9. The maximum Gasteiger partial charge on any atom is 0.0684 e. The van der Waals surface area contributed by atoms with Crippen molar-refractivity contribution in [3.63, 3.8) is 0 Å². The van der Waals surface area contributed by atoms with E-state index in [0.29, 0.717) is 11.3 Å². The highest BCUT2D eigenvalue weighted by molar-refractivity contribution is 5.25. The van der Waals surface area contributed by atoms with Crippen molar-refractivity contribution in [2.24, 2.45) is 34.5 Å². The minimum atomic E-state index is -0.586. The van der Waals surface area contributed by atoms with Crippen LogP contribution in [0.3, 0.4) is 0 Å². The zero-order chi connectivity index (χ0) is 23.3. The Hall–Kier alpha value is -1.19. The average Bonchev–Trinajstić information content (AvgIpc) is 3.17. The van der Waals surface area contributed by atoms with Crippen LogP contribution in [0.1, 0.15) is 97.1 Å². The number of aliphatic hydroxyl groups is 2. The quantitative estimate of drug-likeness (QED) is 0.486. The Bertz CT molecular complexity index is 867. The van der Waals surface area contributed by atoms with E-state index < -0.39 is 5.60 Å². The molecule has 3 nitrogen and oxygen atoms in total. The number of aromatic nitrogens is 1. The molecule has 0 aliphatic heterocycles. The van der Waals surface area contributed by atoms with Gasteiger partial charge in [-0.25, -0.2) is 0 Å². The van der Waals surface area contributed by atoms with E-state index in [1.807, 2.05) is 12.3 Å². The first-order chi connectivity index (χ1) is 15.8. The average molecular weight is 452 g/mol. The van der Waals surface area contributed by atoms with Gasteiger partial charge in [-0.05, 0) is 117 Å². The summed E-state index contributed by atoms with van der Waals surface area (Å²) in [6.45, 7) is 7.28.